The van der Waals surface area contributed by atoms with Gasteiger partial charge in [0.05, 0.1) is 18.3 Å². The molecule has 1 atom stereocenters. The van der Waals surface area contributed by atoms with Crippen molar-refractivity contribution in [2.24, 2.45) is 4.99 Å². The van der Waals surface area contributed by atoms with Gasteiger partial charge in [-0.3, -0.25) is 4.99 Å². The lowest BCUT2D eigenvalue weighted by Crippen LogP contribution is -2.57. The summed E-state index contributed by atoms with van der Waals surface area (Å²) in [5.74, 6) is 1.24. The first kappa shape index (κ1) is 21.1. The Hall–Kier alpha value is -3.10. The van der Waals surface area contributed by atoms with Gasteiger partial charge >= 0.3 is 6.09 Å². The van der Waals surface area contributed by atoms with Gasteiger partial charge in [0.1, 0.15) is 17.2 Å². The summed E-state index contributed by atoms with van der Waals surface area (Å²) < 4.78 is 21.8. The summed E-state index contributed by atoms with van der Waals surface area (Å²) in [5.41, 5.74) is 0.807. The number of nitrogens with one attached hydrogen (secondary N) is 1. The fraction of sp³-hybridized carbons (Fsp3) is 0.500. The van der Waals surface area contributed by atoms with Crippen LogP contribution in [0.3, 0.4) is 0 Å². The van der Waals surface area contributed by atoms with Gasteiger partial charge in [-0.1, -0.05) is 6.07 Å². The monoisotopic (exact) mass is 428 g/mol. The number of rotatable bonds is 3. The normalized spacial score (nSPS) is 18.6. The number of fused-ring (bicyclic) bond motifs is 1. The van der Waals surface area contributed by atoms with Gasteiger partial charge in [-0.15, -0.1) is 0 Å². The highest BCUT2D eigenvalue weighted by atomic mass is 19.1. The van der Waals surface area contributed by atoms with Crippen LogP contribution in [0.4, 0.5) is 9.18 Å². The molecule has 8 nitrogen and oxygen atoms in total. The van der Waals surface area contributed by atoms with Crippen molar-refractivity contribution in [3.8, 4) is 5.69 Å². The zero-order valence-electron chi connectivity index (χ0n) is 18.4. The Balaban J connectivity index is 1.33. The van der Waals surface area contributed by atoms with Crippen molar-refractivity contribution >= 4 is 12.1 Å². The maximum Gasteiger partial charge on any atom is 0.410 e. The molecule has 1 aromatic carbocycles. The van der Waals surface area contributed by atoms with E-state index in [1.165, 1.54) is 6.07 Å². The molecule has 0 spiro atoms. The van der Waals surface area contributed by atoms with Gasteiger partial charge in [0.15, 0.2) is 5.96 Å². The number of amides is 1. The number of aromatic nitrogens is 2. The summed E-state index contributed by atoms with van der Waals surface area (Å²) in [6.07, 6.45) is 3.12. The van der Waals surface area contributed by atoms with Gasteiger partial charge in [0.2, 0.25) is 0 Å². The number of ether oxygens (including phenoxy) is 1. The van der Waals surface area contributed by atoms with E-state index in [2.05, 4.69) is 20.2 Å². The molecule has 0 saturated carbocycles. The molecule has 2 aliphatic heterocycles. The Morgan fingerprint density at radius 1 is 1.32 bits per heavy atom. The Morgan fingerprint density at radius 2 is 2.13 bits per heavy atom. The molecule has 31 heavy (non-hydrogen) atoms. The number of aliphatic imine (C=N–C) groups is 1. The van der Waals surface area contributed by atoms with Crippen LogP contribution in [0.25, 0.3) is 5.69 Å². The SMILES string of the molecule is Cc1nccn1-c1ccc(CNC2=NCC3CN(C(=O)OC(C)(C)C)CCN23)cc1F. The molecule has 2 aromatic rings. The van der Waals surface area contributed by atoms with E-state index >= 15 is 0 Å². The smallest absolute Gasteiger partial charge is 0.410 e. The lowest BCUT2D eigenvalue weighted by molar-refractivity contribution is 0.0137. The van der Waals surface area contributed by atoms with Crippen molar-refractivity contribution in [2.45, 2.75) is 45.9 Å². The predicted molar refractivity (Wildman–Crippen MR) is 116 cm³/mol. The summed E-state index contributed by atoms with van der Waals surface area (Å²) in [6.45, 7) is 10.4. The molecule has 3 heterocycles. The van der Waals surface area contributed by atoms with Crippen LogP contribution >= 0.6 is 0 Å². The third-order valence-electron chi connectivity index (χ3n) is 5.41. The molecular weight excluding hydrogens is 399 g/mol. The van der Waals surface area contributed by atoms with E-state index in [-0.39, 0.29) is 18.0 Å². The average molecular weight is 429 g/mol. The second-order valence-corrected chi connectivity index (χ2v) is 8.92. The summed E-state index contributed by atoms with van der Waals surface area (Å²) >= 11 is 0. The van der Waals surface area contributed by atoms with Crippen molar-refractivity contribution in [2.75, 3.05) is 26.2 Å². The number of carbonyl (C=O) groups is 1. The minimum absolute atomic E-state index is 0.132. The summed E-state index contributed by atoms with van der Waals surface area (Å²) in [5, 5.41) is 3.33. The van der Waals surface area contributed by atoms with Gasteiger partial charge in [-0.25, -0.2) is 14.2 Å². The first-order valence-electron chi connectivity index (χ1n) is 10.5. The zero-order chi connectivity index (χ0) is 22.2. The summed E-state index contributed by atoms with van der Waals surface area (Å²) in [4.78, 5) is 25.0. The van der Waals surface area contributed by atoms with Gasteiger partial charge in [0, 0.05) is 38.6 Å². The molecule has 1 fully saturated rings. The van der Waals surface area contributed by atoms with Crippen LogP contribution in [0.5, 0.6) is 0 Å². The van der Waals surface area contributed by atoms with E-state index in [1.54, 1.807) is 27.9 Å². The average Bonchev–Trinajstić information content (AvgIpc) is 3.30. The fourth-order valence-electron chi connectivity index (χ4n) is 3.89. The number of halogens is 1. The number of hydrogen-bond donors (Lipinski definition) is 1. The summed E-state index contributed by atoms with van der Waals surface area (Å²) in [6, 6.07) is 5.33. The van der Waals surface area contributed by atoms with Crippen LogP contribution < -0.4 is 5.32 Å². The van der Waals surface area contributed by atoms with E-state index in [0.717, 1.165) is 17.3 Å². The van der Waals surface area contributed by atoms with E-state index in [1.807, 2.05) is 33.8 Å². The second-order valence-electron chi connectivity index (χ2n) is 8.92. The number of guanidine groups is 1. The Morgan fingerprint density at radius 3 is 2.81 bits per heavy atom. The van der Waals surface area contributed by atoms with Gasteiger partial charge in [-0.2, -0.15) is 0 Å². The van der Waals surface area contributed by atoms with Crippen LogP contribution in [-0.2, 0) is 11.3 Å². The zero-order valence-corrected chi connectivity index (χ0v) is 18.4. The van der Waals surface area contributed by atoms with Crippen molar-refractivity contribution in [3.63, 3.8) is 0 Å². The number of carbonyl (C=O) groups excluding carboxylic acids is 1. The molecule has 1 aromatic heterocycles. The van der Waals surface area contributed by atoms with Crippen LogP contribution in [0.15, 0.2) is 35.6 Å². The molecule has 4 rings (SSSR count). The topological polar surface area (TPSA) is 75.0 Å². The summed E-state index contributed by atoms with van der Waals surface area (Å²) in [7, 11) is 0. The van der Waals surface area contributed by atoms with Crippen LogP contribution in [0.1, 0.15) is 32.2 Å². The fourth-order valence-corrected chi connectivity index (χ4v) is 3.89. The van der Waals surface area contributed by atoms with E-state index in [0.29, 0.717) is 38.4 Å². The Kier molecular flexibility index (Phi) is 5.60. The first-order chi connectivity index (χ1) is 14.7. The third kappa shape index (κ3) is 4.65. The van der Waals surface area contributed by atoms with Crippen molar-refractivity contribution < 1.29 is 13.9 Å². The highest BCUT2D eigenvalue weighted by molar-refractivity contribution is 5.82. The Bertz CT molecular complexity index is 996. The number of piperazine rings is 1. The number of benzene rings is 1. The number of nitrogens with zero attached hydrogens (tertiary/aromatic N) is 5. The molecule has 1 unspecified atom stereocenters. The van der Waals surface area contributed by atoms with E-state index in [9.17, 15) is 9.18 Å². The number of aryl methyl sites for hydroxylation is 1. The largest absolute Gasteiger partial charge is 0.444 e. The minimum Gasteiger partial charge on any atom is -0.444 e. The third-order valence-corrected chi connectivity index (χ3v) is 5.41. The van der Waals surface area contributed by atoms with E-state index < -0.39 is 5.60 Å². The predicted octanol–water partition coefficient (Wildman–Crippen LogP) is 2.70. The standard InChI is InChI=1S/C22H29FN6O2/c1-15-24-7-8-28(15)19-6-5-16(11-18(19)23)12-25-20-26-13-17-14-27(9-10-29(17)20)21(30)31-22(2,3)4/h5-8,11,17H,9-10,12-14H2,1-4H3,(H,25,26). The van der Waals surface area contributed by atoms with Gasteiger partial charge < -0.3 is 24.4 Å². The second kappa shape index (κ2) is 8.20. The minimum atomic E-state index is -0.505. The molecule has 1 amide bonds. The van der Waals surface area contributed by atoms with Crippen LogP contribution in [0, 0.1) is 12.7 Å². The molecule has 0 bridgehead atoms. The highest BCUT2D eigenvalue weighted by Crippen LogP contribution is 2.20. The van der Waals surface area contributed by atoms with Crippen LogP contribution in [-0.4, -0.2) is 69.2 Å². The highest BCUT2D eigenvalue weighted by Gasteiger charge is 2.36. The van der Waals surface area contributed by atoms with Crippen molar-refractivity contribution in [1.82, 2.24) is 24.7 Å². The quantitative estimate of drug-likeness (QED) is 0.814. The molecular formula is C22H29FN6O2. The maximum absolute atomic E-state index is 14.6. The molecule has 9 heteroatoms. The van der Waals surface area contributed by atoms with Crippen molar-refractivity contribution in [1.29, 1.82) is 0 Å². The molecule has 0 radical (unpaired) electrons. The lowest BCUT2D eigenvalue weighted by Gasteiger charge is -2.39. The maximum atomic E-state index is 14.6. The number of hydrogen-bond acceptors (Lipinski definition) is 6. The van der Waals surface area contributed by atoms with Crippen molar-refractivity contribution in [3.05, 3.63) is 47.8 Å². The van der Waals surface area contributed by atoms with Crippen LogP contribution in [0.2, 0.25) is 0 Å². The molecule has 1 saturated heterocycles. The molecule has 1 N–H and O–H groups in total. The number of imidazole rings is 1. The van der Waals surface area contributed by atoms with Gasteiger partial charge in [-0.05, 0) is 45.4 Å². The molecule has 2 aliphatic rings. The van der Waals surface area contributed by atoms with E-state index in [4.69, 9.17) is 4.74 Å². The first-order valence-corrected chi connectivity index (χ1v) is 10.5. The van der Waals surface area contributed by atoms with Gasteiger partial charge in [0.25, 0.3) is 0 Å². The molecule has 0 aliphatic carbocycles. The Labute approximate surface area is 181 Å². The lowest BCUT2D eigenvalue weighted by atomic mass is 10.2. The molecule has 166 valence electrons.